The SMILES string of the molecule is COc1ccc(/C=N\N=C2\S/C(=C\C(C)=C\c3ccccc3)C(=O)N2Cc2ccco2)cc1OC. The predicted octanol–water partition coefficient (Wildman–Crippen LogP) is 5.75. The minimum Gasteiger partial charge on any atom is -0.493 e. The van der Waals surface area contributed by atoms with Crippen LogP contribution in [0.5, 0.6) is 11.5 Å². The van der Waals surface area contributed by atoms with Crippen LogP contribution < -0.4 is 9.47 Å². The molecule has 3 aromatic rings. The van der Waals surface area contributed by atoms with E-state index in [4.69, 9.17) is 13.9 Å². The second kappa shape index (κ2) is 11.4. The minimum atomic E-state index is -0.146. The van der Waals surface area contributed by atoms with Crippen molar-refractivity contribution in [3.8, 4) is 11.5 Å². The Morgan fingerprint density at radius 3 is 2.54 bits per heavy atom. The second-order valence-electron chi connectivity index (χ2n) is 7.62. The summed E-state index contributed by atoms with van der Waals surface area (Å²) in [5.74, 6) is 1.74. The van der Waals surface area contributed by atoms with E-state index >= 15 is 0 Å². The molecule has 0 bridgehead atoms. The molecule has 1 amide bonds. The first kappa shape index (κ1) is 24.1. The van der Waals surface area contributed by atoms with E-state index in [1.807, 2.05) is 61.5 Å². The summed E-state index contributed by atoms with van der Waals surface area (Å²) in [4.78, 5) is 15.4. The number of carbonyl (C=O) groups excluding carboxylic acids is 1. The van der Waals surface area contributed by atoms with E-state index in [1.165, 1.54) is 11.8 Å². The molecule has 1 aliphatic heterocycles. The first-order valence-corrected chi connectivity index (χ1v) is 11.7. The lowest BCUT2D eigenvalue weighted by molar-refractivity contribution is -0.122. The van der Waals surface area contributed by atoms with Gasteiger partial charge in [-0.05, 0) is 71.8 Å². The fraction of sp³-hybridized carbons (Fsp3) is 0.148. The summed E-state index contributed by atoms with van der Waals surface area (Å²) in [5, 5.41) is 9.05. The van der Waals surface area contributed by atoms with Gasteiger partial charge in [-0.1, -0.05) is 36.4 Å². The van der Waals surface area contributed by atoms with Crippen LogP contribution in [0.4, 0.5) is 0 Å². The number of allylic oxidation sites excluding steroid dienone is 2. The molecule has 0 unspecified atom stereocenters. The van der Waals surface area contributed by atoms with Gasteiger partial charge in [0.1, 0.15) is 5.76 Å². The van der Waals surface area contributed by atoms with Gasteiger partial charge >= 0.3 is 0 Å². The van der Waals surface area contributed by atoms with Crippen molar-refractivity contribution >= 4 is 35.1 Å². The minimum absolute atomic E-state index is 0.146. The maximum atomic E-state index is 13.2. The quantitative estimate of drug-likeness (QED) is 0.230. The number of carbonyl (C=O) groups is 1. The molecule has 1 saturated heterocycles. The van der Waals surface area contributed by atoms with Crippen LogP contribution in [0, 0.1) is 0 Å². The molecule has 0 radical (unpaired) electrons. The summed E-state index contributed by atoms with van der Waals surface area (Å²) in [6, 6.07) is 19.0. The fourth-order valence-corrected chi connectivity index (χ4v) is 4.40. The Morgan fingerprint density at radius 1 is 1.03 bits per heavy atom. The van der Waals surface area contributed by atoms with Crippen LogP contribution in [0.2, 0.25) is 0 Å². The molecule has 1 fully saturated rings. The maximum Gasteiger partial charge on any atom is 0.267 e. The normalized spacial score (nSPS) is 16.6. The van der Waals surface area contributed by atoms with Gasteiger partial charge in [-0.3, -0.25) is 9.69 Å². The standard InChI is InChI=1S/C27H25N3O4S/c1-19(14-20-8-5-4-6-9-20)15-25-26(31)30(18-22-10-7-13-34-22)27(35-25)29-28-17-21-11-12-23(32-2)24(16-21)33-3/h4-17H,18H2,1-3H3/b19-14+,25-15-,28-17-,29-27+. The Labute approximate surface area is 208 Å². The largest absolute Gasteiger partial charge is 0.493 e. The van der Waals surface area contributed by atoms with Gasteiger partial charge in [0.25, 0.3) is 5.91 Å². The summed E-state index contributed by atoms with van der Waals surface area (Å²) >= 11 is 1.28. The van der Waals surface area contributed by atoms with Crippen molar-refractivity contribution in [2.24, 2.45) is 10.2 Å². The molecule has 7 nitrogen and oxygen atoms in total. The second-order valence-corrected chi connectivity index (χ2v) is 8.63. The van der Waals surface area contributed by atoms with Gasteiger partial charge in [0, 0.05) is 0 Å². The summed E-state index contributed by atoms with van der Waals surface area (Å²) in [7, 11) is 3.16. The zero-order chi connectivity index (χ0) is 24.6. The zero-order valence-corrected chi connectivity index (χ0v) is 20.5. The van der Waals surface area contributed by atoms with Crippen molar-refractivity contribution in [2.45, 2.75) is 13.5 Å². The average Bonchev–Trinajstić information content (AvgIpc) is 3.49. The van der Waals surface area contributed by atoms with Crippen molar-refractivity contribution in [3.05, 3.63) is 100 Å². The number of ether oxygens (including phenoxy) is 2. The molecule has 1 aliphatic rings. The van der Waals surface area contributed by atoms with Crippen LogP contribution >= 0.6 is 11.8 Å². The molecule has 2 heterocycles. The highest BCUT2D eigenvalue weighted by Gasteiger charge is 2.34. The zero-order valence-electron chi connectivity index (χ0n) is 19.7. The van der Waals surface area contributed by atoms with Crippen LogP contribution in [-0.4, -0.2) is 36.4 Å². The van der Waals surface area contributed by atoms with E-state index in [-0.39, 0.29) is 12.5 Å². The number of hydrogen-bond acceptors (Lipinski definition) is 7. The van der Waals surface area contributed by atoms with Gasteiger partial charge in [0.15, 0.2) is 16.7 Å². The third kappa shape index (κ3) is 6.10. The van der Waals surface area contributed by atoms with Crippen LogP contribution in [0.1, 0.15) is 23.8 Å². The lowest BCUT2D eigenvalue weighted by atomic mass is 10.1. The Kier molecular flexibility index (Phi) is 7.84. The molecule has 8 heteroatoms. The molecule has 1 aromatic heterocycles. The van der Waals surface area contributed by atoms with Crippen LogP contribution in [0.3, 0.4) is 0 Å². The number of hydrogen-bond donors (Lipinski definition) is 0. The number of methoxy groups -OCH3 is 2. The van der Waals surface area contributed by atoms with Gasteiger partial charge in [-0.2, -0.15) is 5.10 Å². The maximum absolute atomic E-state index is 13.2. The number of benzene rings is 2. The average molecular weight is 488 g/mol. The number of rotatable bonds is 8. The smallest absolute Gasteiger partial charge is 0.267 e. The van der Waals surface area contributed by atoms with Gasteiger partial charge in [-0.15, -0.1) is 5.10 Å². The molecule has 0 aliphatic carbocycles. The van der Waals surface area contributed by atoms with Gasteiger partial charge in [0.2, 0.25) is 0 Å². The van der Waals surface area contributed by atoms with Gasteiger partial charge in [-0.25, -0.2) is 0 Å². The molecular weight excluding hydrogens is 462 g/mol. The molecule has 0 saturated carbocycles. The summed E-state index contributed by atoms with van der Waals surface area (Å²) in [6.45, 7) is 2.23. The van der Waals surface area contributed by atoms with Gasteiger partial charge in [0.05, 0.1) is 38.1 Å². The van der Waals surface area contributed by atoms with Crippen molar-refractivity contribution in [3.63, 3.8) is 0 Å². The molecular formula is C27H25N3O4S. The van der Waals surface area contributed by atoms with Crippen LogP contribution in [-0.2, 0) is 11.3 Å². The van der Waals surface area contributed by atoms with E-state index in [0.717, 1.165) is 16.7 Å². The lowest BCUT2D eigenvalue weighted by Gasteiger charge is -2.12. The summed E-state index contributed by atoms with van der Waals surface area (Å²) in [5.41, 5.74) is 2.81. The Bertz CT molecular complexity index is 1300. The highest BCUT2D eigenvalue weighted by Crippen LogP contribution is 2.33. The van der Waals surface area contributed by atoms with Crippen molar-refractivity contribution in [1.82, 2.24) is 4.90 Å². The lowest BCUT2D eigenvalue weighted by Crippen LogP contribution is -2.28. The third-order valence-electron chi connectivity index (χ3n) is 5.09. The number of amides is 1. The Balaban J connectivity index is 1.59. The van der Waals surface area contributed by atoms with E-state index in [9.17, 15) is 4.79 Å². The molecule has 178 valence electrons. The summed E-state index contributed by atoms with van der Waals surface area (Å²) in [6.07, 6.45) is 7.09. The highest BCUT2D eigenvalue weighted by atomic mass is 32.2. The van der Waals surface area contributed by atoms with E-state index < -0.39 is 0 Å². The number of furan rings is 1. The number of amidine groups is 1. The van der Waals surface area contributed by atoms with Gasteiger partial charge < -0.3 is 13.9 Å². The first-order valence-electron chi connectivity index (χ1n) is 10.9. The predicted molar refractivity (Wildman–Crippen MR) is 140 cm³/mol. The van der Waals surface area contributed by atoms with Crippen molar-refractivity contribution in [2.75, 3.05) is 14.2 Å². The molecule has 0 spiro atoms. The topological polar surface area (TPSA) is 76.6 Å². The molecule has 0 N–H and O–H groups in total. The highest BCUT2D eigenvalue weighted by molar-refractivity contribution is 8.18. The molecule has 4 rings (SSSR count). The Morgan fingerprint density at radius 2 is 1.83 bits per heavy atom. The number of nitrogens with zero attached hydrogens (tertiary/aromatic N) is 3. The molecule has 2 aromatic carbocycles. The third-order valence-corrected chi connectivity index (χ3v) is 6.09. The molecule has 0 atom stereocenters. The van der Waals surface area contributed by atoms with Crippen molar-refractivity contribution in [1.29, 1.82) is 0 Å². The monoisotopic (exact) mass is 487 g/mol. The Hall–Kier alpha value is -4.04. The van der Waals surface area contributed by atoms with Crippen LogP contribution in [0.15, 0.2) is 98.1 Å². The first-order chi connectivity index (χ1) is 17.1. The van der Waals surface area contributed by atoms with E-state index in [1.54, 1.807) is 49.8 Å². The number of thioether (sulfide) groups is 1. The fourth-order valence-electron chi connectivity index (χ4n) is 3.42. The molecule has 35 heavy (non-hydrogen) atoms. The summed E-state index contributed by atoms with van der Waals surface area (Å²) < 4.78 is 16.1. The van der Waals surface area contributed by atoms with E-state index in [2.05, 4.69) is 10.2 Å². The van der Waals surface area contributed by atoms with Crippen LogP contribution in [0.25, 0.3) is 6.08 Å². The van der Waals surface area contributed by atoms with Crippen molar-refractivity contribution < 1.29 is 18.7 Å². The van der Waals surface area contributed by atoms with E-state index in [0.29, 0.717) is 27.3 Å².